The van der Waals surface area contributed by atoms with E-state index in [4.69, 9.17) is 0 Å². The first-order valence-electron chi connectivity index (χ1n) is 8.11. The van der Waals surface area contributed by atoms with Crippen molar-refractivity contribution in [3.8, 4) is 0 Å². The summed E-state index contributed by atoms with van der Waals surface area (Å²) in [7, 11) is 0. The Kier molecular flexibility index (Phi) is 4.79. The fraction of sp³-hybridized carbons (Fsp3) is 0.263. The van der Waals surface area contributed by atoms with Crippen LogP contribution in [0.4, 0.5) is 11.4 Å². The summed E-state index contributed by atoms with van der Waals surface area (Å²) in [5.74, 6) is -0.00858. The lowest BCUT2D eigenvalue weighted by molar-refractivity contribution is -0.114. The second-order valence-corrected chi connectivity index (χ2v) is 5.84. The van der Waals surface area contributed by atoms with Crippen LogP contribution in [0.15, 0.2) is 54.6 Å². The van der Waals surface area contributed by atoms with Gasteiger partial charge < -0.3 is 15.1 Å². The third-order valence-electron chi connectivity index (χ3n) is 4.14. The molecule has 1 aliphatic rings. The van der Waals surface area contributed by atoms with Crippen LogP contribution in [0.5, 0.6) is 0 Å². The smallest absolute Gasteiger partial charge is 0.253 e. The molecule has 0 radical (unpaired) electrons. The zero-order valence-electron chi connectivity index (χ0n) is 13.7. The molecule has 5 heteroatoms. The van der Waals surface area contributed by atoms with Crippen LogP contribution in [0.3, 0.4) is 0 Å². The molecule has 2 amide bonds. The van der Waals surface area contributed by atoms with Crippen LogP contribution in [0.1, 0.15) is 17.3 Å². The van der Waals surface area contributed by atoms with Gasteiger partial charge in [-0.25, -0.2) is 0 Å². The molecular weight excluding hydrogens is 302 g/mol. The average Bonchev–Trinajstić information content (AvgIpc) is 2.62. The van der Waals surface area contributed by atoms with Crippen LogP contribution in [-0.4, -0.2) is 42.9 Å². The van der Waals surface area contributed by atoms with Gasteiger partial charge in [-0.05, 0) is 24.3 Å². The SMILES string of the molecule is CC(=O)Nc1ccccc1N1CCN(C(=O)c2ccccc2)CC1. The lowest BCUT2D eigenvalue weighted by atomic mass is 10.1. The number of hydrogen-bond acceptors (Lipinski definition) is 3. The van der Waals surface area contributed by atoms with Gasteiger partial charge in [0, 0.05) is 38.7 Å². The Hall–Kier alpha value is -2.82. The maximum atomic E-state index is 12.5. The minimum Gasteiger partial charge on any atom is -0.366 e. The Morgan fingerprint density at radius 2 is 1.50 bits per heavy atom. The molecule has 1 saturated heterocycles. The van der Waals surface area contributed by atoms with E-state index in [1.807, 2.05) is 59.5 Å². The van der Waals surface area contributed by atoms with E-state index in [0.29, 0.717) is 13.1 Å². The molecule has 0 aromatic heterocycles. The summed E-state index contributed by atoms with van der Waals surface area (Å²) < 4.78 is 0. The van der Waals surface area contributed by atoms with Crippen LogP contribution in [0, 0.1) is 0 Å². The fourth-order valence-corrected chi connectivity index (χ4v) is 2.96. The van der Waals surface area contributed by atoms with Crippen LogP contribution in [-0.2, 0) is 4.79 Å². The molecule has 0 spiro atoms. The first kappa shape index (κ1) is 16.1. The van der Waals surface area contributed by atoms with Gasteiger partial charge in [0.25, 0.3) is 5.91 Å². The van der Waals surface area contributed by atoms with E-state index in [1.165, 1.54) is 6.92 Å². The molecule has 2 aromatic carbocycles. The molecule has 1 heterocycles. The van der Waals surface area contributed by atoms with Crippen molar-refractivity contribution in [3.05, 3.63) is 60.2 Å². The van der Waals surface area contributed by atoms with Crippen molar-refractivity contribution >= 4 is 23.2 Å². The van der Waals surface area contributed by atoms with Crippen molar-refractivity contribution in [2.45, 2.75) is 6.92 Å². The predicted octanol–water partition coefficient (Wildman–Crippen LogP) is 2.61. The second-order valence-electron chi connectivity index (χ2n) is 5.84. The Labute approximate surface area is 141 Å². The lowest BCUT2D eigenvalue weighted by Crippen LogP contribution is -2.49. The van der Waals surface area contributed by atoms with Gasteiger partial charge in [0.1, 0.15) is 0 Å². The van der Waals surface area contributed by atoms with E-state index in [2.05, 4.69) is 10.2 Å². The topological polar surface area (TPSA) is 52.7 Å². The maximum absolute atomic E-state index is 12.5. The summed E-state index contributed by atoms with van der Waals surface area (Å²) in [5, 5.41) is 2.87. The van der Waals surface area contributed by atoms with Gasteiger partial charge in [0.15, 0.2) is 0 Å². The summed E-state index contributed by atoms with van der Waals surface area (Å²) in [6.45, 7) is 4.34. The highest BCUT2D eigenvalue weighted by Gasteiger charge is 2.23. The van der Waals surface area contributed by atoms with E-state index < -0.39 is 0 Å². The number of para-hydroxylation sites is 2. The highest BCUT2D eigenvalue weighted by Crippen LogP contribution is 2.26. The molecule has 1 fully saturated rings. The molecular formula is C19H21N3O2. The highest BCUT2D eigenvalue weighted by atomic mass is 16.2. The molecule has 0 unspecified atom stereocenters. The number of nitrogens with zero attached hydrogens (tertiary/aromatic N) is 2. The normalized spacial score (nSPS) is 14.4. The number of benzene rings is 2. The lowest BCUT2D eigenvalue weighted by Gasteiger charge is -2.37. The molecule has 0 atom stereocenters. The highest BCUT2D eigenvalue weighted by molar-refractivity contribution is 5.95. The third-order valence-corrected chi connectivity index (χ3v) is 4.14. The zero-order chi connectivity index (χ0) is 16.9. The van der Waals surface area contributed by atoms with Crippen LogP contribution in [0.2, 0.25) is 0 Å². The number of hydrogen-bond donors (Lipinski definition) is 1. The zero-order valence-corrected chi connectivity index (χ0v) is 13.7. The van der Waals surface area contributed by atoms with Gasteiger partial charge in [-0.15, -0.1) is 0 Å². The van der Waals surface area contributed by atoms with E-state index in [1.54, 1.807) is 0 Å². The van der Waals surface area contributed by atoms with Crippen molar-refractivity contribution in [3.63, 3.8) is 0 Å². The molecule has 0 aliphatic carbocycles. The number of nitrogens with one attached hydrogen (secondary N) is 1. The fourth-order valence-electron chi connectivity index (χ4n) is 2.96. The molecule has 3 rings (SSSR count). The maximum Gasteiger partial charge on any atom is 0.253 e. The predicted molar refractivity (Wildman–Crippen MR) is 95.3 cm³/mol. The number of anilines is 2. The van der Waals surface area contributed by atoms with Gasteiger partial charge >= 0.3 is 0 Å². The first-order valence-corrected chi connectivity index (χ1v) is 8.11. The summed E-state index contributed by atoms with van der Waals surface area (Å²) in [5.41, 5.74) is 2.54. The average molecular weight is 323 g/mol. The van der Waals surface area contributed by atoms with Crippen molar-refractivity contribution in [1.82, 2.24) is 4.90 Å². The van der Waals surface area contributed by atoms with Gasteiger partial charge in [0.2, 0.25) is 5.91 Å². The summed E-state index contributed by atoms with van der Waals surface area (Å²) >= 11 is 0. The van der Waals surface area contributed by atoms with E-state index in [9.17, 15) is 9.59 Å². The van der Waals surface area contributed by atoms with E-state index in [0.717, 1.165) is 30.0 Å². The van der Waals surface area contributed by atoms with E-state index in [-0.39, 0.29) is 11.8 Å². The molecule has 0 bridgehead atoms. The number of carbonyl (C=O) groups is 2. The largest absolute Gasteiger partial charge is 0.366 e. The third kappa shape index (κ3) is 3.56. The molecule has 124 valence electrons. The Bertz CT molecular complexity index is 722. The second kappa shape index (κ2) is 7.17. The van der Waals surface area contributed by atoms with Crippen molar-refractivity contribution in [2.24, 2.45) is 0 Å². The molecule has 1 aliphatic heterocycles. The number of piperazine rings is 1. The number of rotatable bonds is 3. The quantitative estimate of drug-likeness (QED) is 0.945. The summed E-state index contributed by atoms with van der Waals surface area (Å²) in [6, 6.07) is 17.1. The van der Waals surface area contributed by atoms with Gasteiger partial charge in [-0.3, -0.25) is 9.59 Å². The minimum absolute atomic E-state index is 0.0744. The standard InChI is InChI=1S/C19H21N3O2/c1-15(23)20-17-9-5-6-10-18(17)21-11-13-22(14-12-21)19(24)16-7-3-2-4-8-16/h2-10H,11-14H2,1H3,(H,20,23). The van der Waals surface area contributed by atoms with Crippen LogP contribution >= 0.6 is 0 Å². The van der Waals surface area contributed by atoms with Crippen molar-refractivity contribution < 1.29 is 9.59 Å². The van der Waals surface area contributed by atoms with Crippen molar-refractivity contribution in [1.29, 1.82) is 0 Å². The Morgan fingerprint density at radius 1 is 0.875 bits per heavy atom. The number of carbonyl (C=O) groups excluding carboxylic acids is 2. The molecule has 5 nitrogen and oxygen atoms in total. The van der Waals surface area contributed by atoms with Gasteiger partial charge in [-0.2, -0.15) is 0 Å². The summed E-state index contributed by atoms with van der Waals surface area (Å²) in [6.07, 6.45) is 0. The van der Waals surface area contributed by atoms with Gasteiger partial charge in [0.05, 0.1) is 11.4 Å². The van der Waals surface area contributed by atoms with Crippen LogP contribution in [0.25, 0.3) is 0 Å². The monoisotopic (exact) mass is 323 g/mol. The Balaban J connectivity index is 1.67. The molecule has 2 aromatic rings. The molecule has 0 saturated carbocycles. The van der Waals surface area contributed by atoms with E-state index >= 15 is 0 Å². The van der Waals surface area contributed by atoms with Crippen LogP contribution < -0.4 is 10.2 Å². The summed E-state index contributed by atoms with van der Waals surface area (Å²) in [4.78, 5) is 28.0. The number of amides is 2. The van der Waals surface area contributed by atoms with Crippen molar-refractivity contribution in [2.75, 3.05) is 36.4 Å². The Morgan fingerprint density at radius 3 is 2.17 bits per heavy atom. The first-order chi connectivity index (χ1) is 11.6. The van der Waals surface area contributed by atoms with Gasteiger partial charge in [-0.1, -0.05) is 30.3 Å². The molecule has 24 heavy (non-hydrogen) atoms. The minimum atomic E-state index is -0.0830. The molecule has 1 N–H and O–H groups in total.